The molecule has 0 saturated heterocycles. The summed E-state index contributed by atoms with van der Waals surface area (Å²) >= 11 is 0. The highest BCUT2D eigenvalue weighted by Crippen LogP contribution is 2.20. The summed E-state index contributed by atoms with van der Waals surface area (Å²) in [7, 11) is 1.17. The van der Waals surface area contributed by atoms with Gasteiger partial charge in [0.1, 0.15) is 5.82 Å². The van der Waals surface area contributed by atoms with E-state index in [1.54, 1.807) is 0 Å². The summed E-state index contributed by atoms with van der Waals surface area (Å²) in [6.07, 6.45) is 0. The molecule has 6 heteroatoms. The third kappa shape index (κ3) is 3.34. The molecule has 21 heavy (non-hydrogen) atoms. The van der Waals surface area contributed by atoms with Gasteiger partial charge in [-0.05, 0) is 24.3 Å². The quantitative estimate of drug-likeness (QED) is 0.877. The standard InChI is InChI=1S/C15H12F3NO2/c1-21-15(20)11-7-10(16)5-6-13(11)19-8-9-3-2-4-12(17)14(9)18/h2-7,19H,8H2,1H3. The van der Waals surface area contributed by atoms with Gasteiger partial charge >= 0.3 is 5.97 Å². The molecule has 0 amide bonds. The van der Waals surface area contributed by atoms with Crippen molar-refractivity contribution >= 4 is 11.7 Å². The Morgan fingerprint density at radius 3 is 2.67 bits per heavy atom. The Labute approximate surface area is 119 Å². The minimum Gasteiger partial charge on any atom is -0.465 e. The van der Waals surface area contributed by atoms with E-state index < -0.39 is 23.4 Å². The Balaban J connectivity index is 2.24. The molecule has 0 aliphatic heterocycles. The monoisotopic (exact) mass is 295 g/mol. The predicted octanol–water partition coefficient (Wildman–Crippen LogP) is 3.50. The van der Waals surface area contributed by atoms with Crippen LogP contribution in [0, 0.1) is 17.5 Å². The van der Waals surface area contributed by atoms with E-state index in [2.05, 4.69) is 10.1 Å². The van der Waals surface area contributed by atoms with Crippen LogP contribution < -0.4 is 5.32 Å². The first kappa shape index (κ1) is 14.9. The number of carbonyl (C=O) groups excluding carboxylic acids is 1. The summed E-state index contributed by atoms with van der Waals surface area (Å²) in [4.78, 5) is 11.6. The minimum atomic E-state index is -0.966. The maximum absolute atomic E-state index is 13.5. The molecule has 0 aromatic heterocycles. The van der Waals surface area contributed by atoms with Crippen LogP contribution in [0.5, 0.6) is 0 Å². The van der Waals surface area contributed by atoms with E-state index in [1.807, 2.05) is 0 Å². The summed E-state index contributed by atoms with van der Waals surface area (Å²) < 4.78 is 44.3. The molecular formula is C15H12F3NO2. The zero-order valence-electron chi connectivity index (χ0n) is 11.1. The van der Waals surface area contributed by atoms with Gasteiger partial charge in [0.2, 0.25) is 0 Å². The molecule has 0 heterocycles. The Hall–Kier alpha value is -2.50. The number of methoxy groups -OCH3 is 1. The second-order valence-corrected chi connectivity index (χ2v) is 4.25. The second kappa shape index (κ2) is 6.30. The summed E-state index contributed by atoms with van der Waals surface area (Å²) in [5.74, 6) is -3.25. The van der Waals surface area contributed by atoms with E-state index in [0.29, 0.717) is 0 Å². The van der Waals surface area contributed by atoms with Crippen molar-refractivity contribution in [2.75, 3.05) is 12.4 Å². The lowest BCUT2D eigenvalue weighted by molar-refractivity contribution is 0.0601. The zero-order valence-corrected chi connectivity index (χ0v) is 11.1. The van der Waals surface area contributed by atoms with Crippen molar-refractivity contribution in [2.24, 2.45) is 0 Å². The molecule has 1 N–H and O–H groups in total. The molecule has 0 aliphatic rings. The van der Waals surface area contributed by atoms with E-state index in [9.17, 15) is 18.0 Å². The van der Waals surface area contributed by atoms with Crippen molar-refractivity contribution in [3.8, 4) is 0 Å². The Kier molecular flexibility index (Phi) is 4.47. The molecule has 0 bridgehead atoms. The largest absolute Gasteiger partial charge is 0.465 e. The summed E-state index contributed by atoms with van der Waals surface area (Å²) in [5, 5.41) is 2.77. The normalized spacial score (nSPS) is 10.3. The topological polar surface area (TPSA) is 38.3 Å². The van der Waals surface area contributed by atoms with Gasteiger partial charge in [0.15, 0.2) is 11.6 Å². The third-order valence-corrected chi connectivity index (χ3v) is 2.89. The molecule has 0 saturated carbocycles. The number of rotatable bonds is 4. The molecule has 3 nitrogen and oxygen atoms in total. The third-order valence-electron chi connectivity index (χ3n) is 2.89. The van der Waals surface area contributed by atoms with Crippen molar-refractivity contribution in [2.45, 2.75) is 6.54 Å². The summed E-state index contributed by atoms with van der Waals surface area (Å²) in [5.41, 5.74) is 0.344. The van der Waals surface area contributed by atoms with Gasteiger partial charge < -0.3 is 10.1 Å². The number of benzene rings is 2. The molecule has 0 atom stereocenters. The van der Waals surface area contributed by atoms with Crippen LogP contribution in [0.15, 0.2) is 36.4 Å². The van der Waals surface area contributed by atoms with E-state index in [1.165, 1.54) is 25.3 Å². The molecule has 0 unspecified atom stereocenters. The molecule has 2 rings (SSSR count). The molecule has 2 aromatic carbocycles. The van der Waals surface area contributed by atoms with E-state index in [4.69, 9.17) is 0 Å². The highest BCUT2D eigenvalue weighted by molar-refractivity contribution is 5.95. The van der Waals surface area contributed by atoms with Gasteiger partial charge in [-0.3, -0.25) is 0 Å². The zero-order chi connectivity index (χ0) is 15.4. The molecule has 2 aromatic rings. The molecule has 0 radical (unpaired) electrons. The number of carbonyl (C=O) groups is 1. The highest BCUT2D eigenvalue weighted by Gasteiger charge is 2.14. The van der Waals surface area contributed by atoms with Gasteiger partial charge in [0, 0.05) is 17.8 Å². The van der Waals surface area contributed by atoms with Crippen LogP contribution in [0.2, 0.25) is 0 Å². The molecule has 0 aliphatic carbocycles. The lowest BCUT2D eigenvalue weighted by Gasteiger charge is -2.11. The van der Waals surface area contributed by atoms with Crippen LogP contribution in [-0.4, -0.2) is 13.1 Å². The molecule has 0 spiro atoms. The molecule has 110 valence electrons. The van der Waals surface area contributed by atoms with Gasteiger partial charge in [0.05, 0.1) is 12.7 Å². The molecular weight excluding hydrogens is 283 g/mol. The van der Waals surface area contributed by atoms with Gasteiger partial charge in [-0.1, -0.05) is 12.1 Å². The highest BCUT2D eigenvalue weighted by atomic mass is 19.2. The van der Waals surface area contributed by atoms with Crippen LogP contribution in [0.4, 0.5) is 18.9 Å². The lowest BCUT2D eigenvalue weighted by atomic mass is 10.1. The van der Waals surface area contributed by atoms with E-state index in [-0.39, 0.29) is 23.4 Å². The summed E-state index contributed by atoms with van der Waals surface area (Å²) in [6, 6.07) is 7.29. The average Bonchev–Trinajstić information content (AvgIpc) is 2.49. The van der Waals surface area contributed by atoms with Crippen molar-refractivity contribution < 1.29 is 22.7 Å². The van der Waals surface area contributed by atoms with Crippen LogP contribution in [0.1, 0.15) is 15.9 Å². The predicted molar refractivity (Wildman–Crippen MR) is 71.4 cm³/mol. The van der Waals surface area contributed by atoms with Crippen LogP contribution in [0.3, 0.4) is 0 Å². The summed E-state index contributed by atoms with van der Waals surface area (Å²) in [6.45, 7) is -0.0563. The van der Waals surface area contributed by atoms with Crippen LogP contribution in [-0.2, 0) is 11.3 Å². The number of nitrogens with one attached hydrogen (secondary N) is 1. The second-order valence-electron chi connectivity index (χ2n) is 4.25. The number of anilines is 1. The smallest absolute Gasteiger partial charge is 0.340 e. The van der Waals surface area contributed by atoms with E-state index in [0.717, 1.165) is 18.2 Å². The van der Waals surface area contributed by atoms with Crippen LogP contribution >= 0.6 is 0 Å². The van der Waals surface area contributed by atoms with Crippen molar-refractivity contribution in [3.05, 3.63) is 65.0 Å². The first-order valence-corrected chi connectivity index (χ1v) is 6.07. The maximum Gasteiger partial charge on any atom is 0.340 e. The Bertz CT molecular complexity index is 674. The van der Waals surface area contributed by atoms with Gasteiger partial charge in [-0.25, -0.2) is 18.0 Å². The van der Waals surface area contributed by atoms with Crippen molar-refractivity contribution in [1.82, 2.24) is 0 Å². The number of hydrogen-bond donors (Lipinski definition) is 1. The van der Waals surface area contributed by atoms with Crippen molar-refractivity contribution in [1.29, 1.82) is 0 Å². The number of halogens is 3. The fourth-order valence-corrected chi connectivity index (χ4v) is 1.82. The first-order chi connectivity index (χ1) is 10.0. The van der Waals surface area contributed by atoms with Crippen molar-refractivity contribution in [3.63, 3.8) is 0 Å². The number of esters is 1. The Morgan fingerprint density at radius 1 is 1.19 bits per heavy atom. The first-order valence-electron chi connectivity index (χ1n) is 6.07. The number of ether oxygens (including phenoxy) is 1. The average molecular weight is 295 g/mol. The molecule has 0 fully saturated rings. The lowest BCUT2D eigenvalue weighted by Crippen LogP contribution is -2.10. The number of hydrogen-bond acceptors (Lipinski definition) is 3. The Morgan fingerprint density at radius 2 is 1.95 bits per heavy atom. The van der Waals surface area contributed by atoms with Gasteiger partial charge in [0.25, 0.3) is 0 Å². The van der Waals surface area contributed by atoms with Crippen LogP contribution in [0.25, 0.3) is 0 Å². The van der Waals surface area contributed by atoms with Gasteiger partial charge in [-0.2, -0.15) is 0 Å². The maximum atomic E-state index is 13.5. The fraction of sp³-hybridized carbons (Fsp3) is 0.133. The van der Waals surface area contributed by atoms with E-state index >= 15 is 0 Å². The minimum absolute atomic E-state index is 0.0192. The van der Waals surface area contributed by atoms with Gasteiger partial charge in [-0.15, -0.1) is 0 Å². The fourth-order valence-electron chi connectivity index (χ4n) is 1.82. The SMILES string of the molecule is COC(=O)c1cc(F)ccc1NCc1cccc(F)c1F.